The van der Waals surface area contributed by atoms with E-state index in [9.17, 15) is 0 Å². The molecule has 1 aromatic carbocycles. The van der Waals surface area contributed by atoms with Crippen LogP contribution >= 0.6 is 27.5 Å². The fourth-order valence-corrected chi connectivity index (χ4v) is 2.23. The van der Waals surface area contributed by atoms with Crippen LogP contribution in [0, 0.1) is 0 Å². The van der Waals surface area contributed by atoms with Gasteiger partial charge in [0, 0.05) is 9.85 Å². The van der Waals surface area contributed by atoms with Crippen LogP contribution < -0.4 is 0 Å². The van der Waals surface area contributed by atoms with Crippen LogP contribution in [0.5, 0.6) is 0 Å². The van der Waals surface area contributed by atoms with Gasteiger partial charge in [-0.1, -0.05) is 45.7 Å². The SMILES string of the molecule is Clc1ccccc1[C@H]1C[C@@H]1Br. The maximum atomic E-state index is 6.00. The lowest BCUT2D eigenvalue weighted by Crippen LogP contribution is -1.81. The van der Waals surface area contributed by atoms with Gasteiger partial charge in [-0.25, -0.2) is 0 Å². The lowest BCUT2D eigenvalue weighted by Gasteiger charge is -1.99. The minimum Gasteiger partial charge on any atom is -0.0884 e. The summed E-state index contributed by atoms with van der Waals surface area (Å²) in [5, 5.41) is 0.902. The highest BCUT2D eigenvalue weighted by Crippen LogP contribution is 2.48. The van der Waals surface area contributed by atoms with E-state index in [1.54, 1.807) is 0 Å². The highest BCUT2D eigenvalue weighted by atomic mass is 79.9. The predicted molar refractivity (Wildman–Crippen MR) is 51.5 cm³/mol. The molecule has 0 amide bonds. The third-order valence-electron chi connectivity index (χ3n) is 2.02. The van der Waals surface area contributed by atoms with E-state index in [2.05, 4.69) is 22.0 Å². The first-order valence-electron chi connectivity index (χ1n) is 3.67. The van der Waals surface area contributed by atoms with Gasteiger partial charge in [0.05, 0.1) is 0 Å². The summed E-state index contributed by atoms with van der Waals surface area (Å²) in [6.07, 6.45) is 1.23. The third-order valence-corrected chi connectivity index (χ3v) is 3.37. The molecule has 2 heteroatoms. The molecule has 1 aromatic rings. The molecule has 0 radical (unpaired) electrons. The fourth-order valence-electron chi connectivity index (χ4n) is 1.26. The summed E-state index contributed by atoms with van der Waals surface area (Å²) in [6.45, 7) is 0. The molecule has 0 unspecified atom stereocenters. The molecule has 0 N–H and O–H groups in total. The summed E-state index contributed by atoms with van der Waals surface area (Å²) in [5.41, 5.74) is 1.29. The molecule has 0 aliphatic heterocycles. The van der Waals surface area contributed by atoms with E-state index in [0.717, 1.165) is 5.02 Å². The minimum atomic E-state index is 0.655. The van der Waals surface area contributed by atoms with Crippen molar-refractivity contribution in [1.29, 1.82) is 0 Å². The molecule has 0 spiro atoms. The Labute approximate surface area is 79.7 Å². The fraction of sp³-hybridized carbons (Fsp3) is 0.333. The minimum absolute atomic E-state index is 0.655. The largest absolute Gasteiger partial charge is 0.0884 e. The Morgan fingerprint density at radius 3 is 2.55 bits per heavy atom. The Kier molecular flexibility index (Phi) is 1.94. The molecule has 58 valence electrons. The number of hydrogen-bond donors (Lipinski definition) is 0. The van der Waals surface area contributed by atoms with Gasteiger partial charge in [-0.3, -0.25) is 0 Å². The van der Waals surface area contributed by atoms with E-state index in [1.807, 2.05) is 18.2 Å². The molecular formula is C9H8BrCl. The van der Waals surface area contributed by atoms with Crippen molar-refractivity contribution >= 4 is 27.5 Å². The molecule has 1 fully saturated rings. The average molecular weight is 232 g/mol. The third kappa shape index (κ3) is 1.45. The van der Waals surface area contributed by atoms with E-state index in [-0.39, 0.29) is 0 Å². The van der Waals surface area contributed by atoms with Gasteiger partial charge in [-0.15, -0.1) is 0 Å². The lowest BCUT2D eigenvalue weighted by atomic mass is 10.1. The van der Waals surface area contributed by atoms with Crippen molar-refractivity contribution in [2.24, 2.45) is 0 Å². The molecule has 0 bridgehead atoms. The van der Waals surface area contributed by atoms with E-state index < -0.39 is 0 Å². The van der Waals surface area contributed by atoms with Crippen molar-refractivity contribution in [2.45, 2.75) is 17.2 Å². The van der Waals surface area contributed by atoms with Crippen molar-refractivity contribution in [3.63, 3.8) is 0 Å². The first-order chi connectivity index (χ1) is 5.29. The van der Waals surface area contributed by atoms with Crippen LogP contribution in [0.4, 0.5) is 0 Å². The van der Waals surface area contributed by atoms with E-state index >= 15 is 0 Å². The first-order valence-corrected chi connectivity index (χ1v) is 4.97. The average Bonchev–Trinajstić information content (AvgIpc) is 2.68. The van der Waals surface area contributed by atoms with Crippen LogP contribution in [0.15, 0.2) is 24.3 Å². The number of rotatable bonds is 1. The zero-order valence-electron chi connectivity index (χ0n) is 5.93. The van der Waals surface area contributed by atoms with Crippen molar-refractivity contribution in [3.05, 3.63) is 34.9 Å². The first kappa shape index (κ1) is 7.63. The lowest BCUT2D eigenvalue weighted by molar-refractivity contribution is 1.14. The van der Waals surface area contributed by atoms with Gasteiger partial charge in [0.25, 0.3) is 0 Å². The summed E-state index contributed by atoms with van der Waals surface area (Å²) in [5.74, 6) is 0.656. The van der Waals surface area contributed by atoms with Gasteiger partial charge >= 0.3 is 0 Å². The highest BCUT2D eigenvalue weighted by molar-refractivity contribution is 9.09. The smallest absolute Gasteiger partial charge is 0.0441 e. The van der Waals surface area contributed by atoms with E-state index in [0.29, 0.717) is 10.7 Å². The Morgan fingerprint density at radius 2 is 2.00 bits per heavy atom. The van der Waals surface area contributed by atoms with Gasteiger partial charge in [0.15, 0.2) is 0 Å². The van der Waals surface area contributed by atoms with E-state index in [4.69, 9.17) is 11.6 Å². The van der Waals surface area contributed by atoms with Gasteiger partial charge in [0.2, 0.25) is 0 Å². The monoisotopic (exact) mass is 230 g/mol. The van der Waals surface area contributed by atoms with Crippen molar-refractivity contribution < 1.29 is 0 Å². The summed E-state index contributed by atoms with van der Waals surface area (Å²) < 4.78 is 0. The standard InChI is InChI=1S/C9H8BrCl/c10-8-5-7(8)6-3-1-2-4-9(6)11/h1-4,7-8H,5H2/t7-,8+/m1/s1. The van der Waals surface area contributed by atoms with Crippen LogP contribution in [0.2, 0.25) is 5.02 Å². The Balaban J connectivity index is 2.31. The molecule has 2 atom stereocenters. The summed E-state index contributed by atoms with van der Waals surface area (Å²) in [7, 11) is 0. The number of benzene rings is 1. The van der Waals surface area contributed by atoms with Gasteiger partial charge in [0.1, 0.15) is 0 Å². The summed E-state index contributed by atoms with van der Waals surface area (Å²) >= 11 is 9.56. The van der Waals surface area contributed by atoms with Gasteiger partial charge in [-0.05, 0) is 24.0 Å². The summed E-state index contributed by atoms with van der Waals surface area (Å²) in [6, 6.07) is 8.07. The number of alkyl halides is 1. The molecule has 1 saturated carbocycles. The zero-order chi connectivity index (χ0) is 7.84. The van der Waals surface area contributed by atoms with Crippen LogP contribution in [0.25, 0.3) is 0 Å². The second-order valence-corrected chi connectivity index (χ2v) is 4.46. The molecule has 0 nitrogen and oxygen atoms in total. The highest BCUT2D eigenvalue weighted by Gasteiger charge is 2.36. The normalized spacial score (nSPS) is 28.5. The number of halogens is 2. The molecule has 11 heavy (non-hydrogen) atoms. The molecule has 2 rings (SSSR count). The van der Waals surface area contributed by atoms with Gasteiger partial charge < -0.3 is 0 Å². The molecule has 1 aliphatic carbocycles. The maximum absolute atomic E-state index is 6.00. The van der Waals surface area contributed by atoms with Crippen LogP contribution in [-0.4, -0.2) is 4.83 Å². The zero-order valence-corrected chi connectivity index (χ0v) is 8.27. The van der Waals surface area contributed by atoms with Crippen molar-refractivity contribution in [1.82, 2.24) is 0 Å². The van der Waals surface area contributed by atoms with Crippen molar-refractivity contribution in [3.8, 4) is 0 Å². The molecular weight excluding hydrogens is 223 g/mol. The summed E-state index contributed by atoms with van der Waals surface area (Å²) in [4.78, 5) is 0.655. The van der Waals surface area contributed by atoms with Gasteiger partial charge in [-0.2, -0.15) is 0 Å². The molecule has 1 aliphatic rings. The molecule has 0 heterocycles. The van der Waals surface area contributed by atoms with Crippen LogP contribution in [0.3, 0.4) is 0 Å². The molecule has 0 saturated heterocycles. The maximum Gasteiger partial charge on any atom is 0.0441 e. The second-order valence-electron chi connectivity index (χ2n) is 2.88. The number of hydrogen-bond acceptors (Lipinski definition) is 0. The second kappa shape index (κ2) is 2.80. The Hall–Kier alpha value is -0.0100. The topological polar surface area (TPSA) is 0 Å². The van der Waals surface area contributed by atoms with Crippen molar-refractivity contribution in [2.75, 3.05) is 0 Å². The van der Waals surface area contributed by atoms with Crippen LogP contribution in [0.1, 0.15) is 17.9 Å². The van der Waals surface area contributed by atoms with Crippen LogP contribution in [-0.2, 0) is 0 Å². The Bertz CT molecular complexity index is 272. The molecule has 0 aromatic heterocycles. The Morgan fingerprint density at radius 1 is 1.36 bits per heavy atom. The predicted octanol–water partition coefficient (Wildman–Crippen LogP) is 3.59. The van der Waals surface area contributed by atoms with E-state index in [1.165, 1.54) is 12.0 Å². The quantitative estimate of drug-likeness (QED) is 0.648.